The average molecular weight is 751 g/mol. The maximum absolute atomic E-state index is 12.5. The van der Waals surface area contributed by atoms with E-state index < -0.39 is 6.10 Å². The van der Waals surface area contributed by atoms with E-state index in [4.69, 9.17) is 14.2 Å². The molecule has 0 fully saturated rings. The lowest BCUT2D eigenvalue weighted by Gasteiger charge is -2.18. The first-order valence-electron chi connectivity index (χ1n) is 23.4. The van der Waals surface area contributed by atoms with Crippen molar-refractivity contribution in [2.24, 2.45) is 5.92 Å². The van der Waals surface area contributed by atoms with Crippen molar-refractivity contribution in [3.05, 3.63) is 0 Å². The van der Waals surface area contributed by atoms with Crippen molar-refractivity contribution in [3.63, 3.8) is 0 Å². The van der Waals surface area contributed by atoms with Crippen LogP contribution in [-0.2, 0) is 28.6 Å². The van der Waals surface area contributed by atoms with Gasteiger partial charge in [0, 0.05) is 19.3 Å². The average Bonchev–Trinajstić information content (AvgIpc) is 3.14. The summed E-state index contributed by atoms with van der Waals surface area (Å²) in [6.07, 6.45) is 41.2. The molecule has 6 heteroatoms. The highest BCUT2D eigenvalue weighted by Crippen LogP contribution is 2.16. The number of carbonyl (C=O) groups excluding carboxylic acids is 3. The molecule has 0 aromatic rings. The number of hydrogen-bond donors (Lipinski definition) is 0. The van der Waals surface area contributed by atoms with Crippen LogP contribution >= 0.6 is 0 Å². The minimum absolute atomic E-state index is 0.0651. The molecule has 0 saturated heterocycles. The predicted molar refractivity (Wildman–Crippen MR) is 224 cm³/mol. The Bertz CT molecular complexity index is 796. The summed E-state index contributed by atoms with van der Waals surface area (Å²) in [4.78, 5) is 37.5. The van der Waals surface area contributed by atoms with Crippen LogP contribution in [0.5, 0.6) is 0 Å². The SMILES string of the molecule is CCCCCCCCCCCCCCCCCCCC(=O)OC[C@H](COC(=O)CCCCCCCCCCCCC(C)C)OC(=O)CCCCCCC. The van der Waals surface area contributed by atoms with E-state index in [0.29, 0.717) is 19.3 Å². The van der Waals surface area contributed by atoms with Crippen molar-refractivity contribution < 1.29 is 28.6 Å². The van der Waals surface area contributed by atoms with Gasteiger partial charge in [-0.05, 0) is 25.2 Å². The van der Waals surface area contributed by atoms with E-state index >= 15 is 0 Å². The first kappa shape index (κ1) is 51.4. The monoisotopic (exact) mass is 751 g/mol. The Kier molecular flexibility index (Phi) is 40.3. The van der Waals surface area contributed by atoms with Crippen LogP contribution < -0.4 is 0 Å². The molecule has 1 atom stereocenters. The third-order valence-corrected chi connectivity index (χ3v) is 10.5. The second kappa shape index (κ2) is 41.6. The fourth-order valence-electron chi connectivity index (χ4n) is 6.98. The fraction of sp³-hybridized carbons (Fsp3) is 0.936. The van der Waals surface area contributed by atoms with Gasteiger partial charge < -0.3 is 14.2 Å². The van der Waals surface area contributed by atoms with Gasteiger partial charge in [0.15, 0.2) is 6.10 Å². The van der Waals surface area contributed by atoms with Gasteiger partial charge in [-0.25, -0.2) is 0 Å². The van der Waals surface area contributed by atoms with Crippen molar-refractivity contribution in [3.8, 4) is 0 Å². The third-order valence-electron chi connectivity index (χ3n) is 10.5. The zero-order chi connectivity index (χ0) is 38.9. The Morgan fingerprint density at radius 1 is 0.358 bits per heavy atom. The van der Waals surface area contributed by atoms with Crippen LogP contribution in [-0.4, -0.2) is 37.2 Å². The maximum Gasteiger partial charge on any atom is 0.306 e. The lowest BCUT2D eigenvalue weighted by Crippen LogP contribution is -2.30. The van der Waals surface area contributed by atoms with Gasteiger partial charge in [0.05, 0.1) is 0 Å². The van der Waals surface area contributed by atoms with E-state index in [-0.39, 0.29) is 31.1 Å². The minimum atomic E-state index is -0.757. The summed E-state index contributed by atoms with van der Waals surface area (Å²) >= 11 is 0. The van der Waals surface area contributed by atoms with Gasteiger partial charge in [-0.15, -0.1) is 0 Å². The van der Waals surface area contributed by atoms with E-state index in [9.17, 15) is 14.4 Å². The van der Waals surface area contributed by atoms with Crippen molar-refractivity contribution in [2.45, 2.75) is 265 Å². The molecule has 0 rings (SSSR count). The molecule has 6 nitrogen and oxygen atoms in total. The van der Waals surface area contributed by atoms with Gasteiger partial charge in [0.1, 0.15) is 13.2 Å². The largest absolute Gasteiger partial charge is 0.462 e. The molecule has 0 unspecified atom stereocenters. The first-order chi connectivity index (χ1) is 25.9. The van der Waals surface area contributed by atoms with Gasteiger partial charge in [0.25, 0.3) is 0 Å². The zero-order valence-corrected chi connectivity index (χ0v) is 36.0. The molecular formula is C47H90O6. The van der Waals surface area contributed by atoms with Crippen LogP contribution in [0, 0.1) is 5.92 Å². The number of ether oxygens (including phenoxy) is 3. The maximum atomic E-state index is 12.5. The van der Waals surface area contributed by atoms with Crippen molar-refractivity contribution in [1.82, 2.24) is 0 Å². The quantitative estimate of drug-likeness (QED) is 0.0351. The molecule has 0 aliphatic carbocycles. The molecule has 0 saturated carbocycles. The Hall–Kier alpha value is -1.59. The summed E-state index contributed by atoms with van der Waals surface area (Å²) in [7, 11) is 0. The van der Waals surface area contributed by atoms with Crippen molar-refractivity contribution >= 4 is 17.9 Å². The Labute approximate surface area is 329 Å². The minimum Gasteiger partial charge on any atom is -0.462 e. The lowest BCUT2D eigenvalue weighted by molar-refractivity contribution is -0.167. The van der Waals surface area contributed by atoms with Crippen LogP contribution in [0.2, 0.25) is 0 Å². The topological polar surface area (TPSA) is 78.9 Å². The van der Waals surface area contributed by atoms with Crippen LogP contribution in [0.3, 0.4) is 0 Å². The molecule has 0 aromatic heterocycles. The van der Waals surface area contributed by atoms with Gasteiger partial charge in [0.2, 0.25) is 0 Å². The molecule has 0 aromatic carbocycles. The summed E-state index contributed by atoms with van der Waals surface area (Å²) < 4.78 is 16.6. The summed E-state index contributed by atoms with van der Waals surface area (Å²) in [6, 6.07) is 0. The molecule has 0 aliphatic heterocycles. The first-order valence-corrected chi connectivity index (χ1v) is 23.4. The number of hydrogen-bond acceptors (Lipinski definition) is 6. The van der Waals surface area contributed by atoms with Crippen LogP contribution in [0.25, 0.3) is 0 Å². The van der Waals surface area contributed by atoms with Crippen LogP contribution in [0.15, 0.2) is 0 Å². The number of unbranched alkanes of at least 4 members (excludes halogenated alkanes) is 29. The van der Waals surface area contributed by atoms with Gasteiger partial charge in [-0.3, -0.25) is 14.4 Å². The highest BCUT2D eigenvalue weighted by Gasteiger charge is 2.19. The summed E-state index contributed by atoms with van der Waals surface area (Å²) in [5, 5.41) is 0. The molecule has 0 N–H and O–H groups in total. The lowest BCUT2D eigenvalue weighted by atomic mass is 10.0. The van der Waals surface area contributed by atoms with Crippen LogP contribution in [0.4, 0.5) is 0 Å². The standard InChI is InChI=1S/C47H90O6/c1-5-7-9-11-12-13-14-15-16-17-18-19-20-24-27-31-34-38-45(48)51-41-44(53-47(50)40-36-29-10-8-6-2)42-52-46(49)39-35-32-28-25-22-21-23-26-30-33-37-43(3)4/h43-44H,5-42H2,1-4H3/t44-/m1/s1. The Morgan fingerprint density at radius 2 is 0.623 bits per heavy atom. The predicted octanol–water partition coefficient (Wildman–Crippen LogP) is 14.7. The number of carbonyl (C=O) groups is 3. The Balaban J connectivity index is 4.10. The van der Waals surface area contributed by atoms with Gasteiger partial charge >= 0.3 is 17.9 Å². The molecule has 314 valence electrons. The second-order valence-corrected chi connectivity index (χ2v) is 16.5. The highest BCUT2D eigenvalue weighted by atomic mass is 16.6. The van der Waals surface area contributed by atoms with Gasteiger partial charge in [-0.1, -0.05) is 220 Å². The number of esters is 3. The molecule has 0 radical (unpaired) electrons. The summed E-state index contributed by atoms with van der Waals surface area (Å²) in [6.45, 7) is 8.91. The molecule has 0 heterocycles. The van der Waals surface area contributed by atoms with E-state index in [1.54, 1.807) is 0 Å². The molecular weight excluding hydrogens is 661 g/mol. The molecule has 53 heavy (non-hydrogen) atoms. The smallest absolute Gasteiger partial charge is 0.306 e. The summed E-state index contributed by atoms with van der Waals surface area (Å²) in [5.74, 6) is -0.0489. The molecule has 0 bridgehead atoms. The van der Waals surface area contributed by atoms with Gasteiger partial charge in [-0.2, -0.15) is 0 Å². The van der Waals surface area contributed by atoms with Crippen LogP contribution in [0.1, 0.15) is 259 Å². The normalized spacial score (nSPS) is 11.9. The van der Waals surface area contributed by atoms with E-state index in [2.05, 4.69) is 27.7 Å². The number of rotatable bonds is 42. The van der Waals surface area contributed by atoms with E-state index in [0.717, 1.165) is 70.1 Å². The fourth-order valence-corrected chi connectivity index (χ4v) is 6.98. The highest BCUT2D eigenvalue weighted by molar-refractivity contribution is 5.71. The van der Waals surface area contributed by atoms with E-state index in [1.807, 2.05) is 0 Å². The Morgan fingerprint density at radius 3 is 0.925 bits per heavy atom. The summed E-state index contributed by atoms with van der Waals surface area (Å²) in [5.41, 5.74) is 0. The zero-order valence-electron chi connectivity index (χ0n) is 36.0. The molecule has 0 spiro atoms. The molecule has 0 aliphatic rings. The van der Waals surface area contributed by atoms with E-state index in [1.165, 1.54) is 148 Å². The van der Waals surface area contributed by atoms with Crippen molar-refractivity contribution in [2.75, 3.05) is 13.2 Å². The van der Waals surface area contributed by atoms with Crippen molar-refractivity contribution in [1.29, 1.82) is 0 Å². The third kappa shape index (κ3) is 41.4. The molecule has 0 amide bonds. The second-order valence-electron chi connectivity index (χ2n) is 16.5.